The summed E-state index contributed by atoms with van der Waals surface area (Å²) in [5.41, 5.74) is 1.41. The highest BCUT2D eigenvalue weighted by molar-refractivity contribution is 5.82. The van der Waals surface area contributed by atoms with Gasteiger partial charge in [-0.3, -0.25) is 4.99 Å². The van der Waals surface area contributed by atoms with E-state index in [1.54, 1.807) is 0 Å². The molecule has 0 saturated heterocycles. The van der Waals surface area contributed by atoms with Gasteiger partial charge in [-0.15, -0.1) is 12.3 Å². The molecule has 0 N–H and O–H groups in total. The smallest absolute Gasteiger partial charge is 0.0518 e. The van der Waals surface area contributed by atoms with Crippen molar-refractivity contribution in [1.29, 1.82) is 0 Å². The largest absolute Gasteiger partial charge is 0.291 e. The molecule has 0 rings (SSSR count). The van der Waals surface area contributed by atoms with Gasteiger partial charge in [-0.25, -0.2) is 0 Å². The molecule has 0 amide bonds. The Morgan fingerprint density at radius 2 is 2.00 bits per heavy atom. The number of aliphatic imine (C=N–C) groups is 1. The van der Waals surface area contributed by atoms with Gasteiger partial charge in [-0.2, -0.15) is 0 Å². The molecule has 1 unspecified atom stereocenters. The molecule has 0 aromatic carbocycles. The molecule has 0 aliphatic heterocycles. The topological polar surface area (TPSA) is 12.4 Å². The third-order valence-corrected chi connectivity index (χ3v) is 2.30. The second kappa shape index (κ2) is 5.07. The number of hydrogen-bond donors (Lipinski definition) is 0. The first-order valence-electron chi connectivity index (χ1n) is 4.84. The number of nitrogens with zero attached hydrogens (tertiary/aromatic N) is 1. The minimum absolute atomic E-state index is 0.247. The Balaban J connectivity index is 4.16. The van der Waals surface area contributed by atoms with Crippen LogP contribution in [0.15, 0.2) is 4.99 Å². The highest BCUT2D eigenvalue weighted by Crippen LogP contribution is 2.21. The van der Waals surface area contributed by atoms with Crippen LogP contribution in [-0.4, -0.2) is 11.8 Å². The summed E-state index contributed by atoms with van der Waals surface area (Å²) in [5.74, 6) is 2.63. The van der Waals surface area contributed by atoms with Crippen molar-refractivity contribution >= 4 is 5.71 Å². The van der Waals surface area contributed by atoms with Gasteiger partial charge < -0.3 is 0 Å². The molecule has 74 valence electrons. The van der Waals surface area contributed by atoms with Crippen molar-refractivity contribution in [3.8, 4) is 12.3 Å². The Morgan fingerprint density at radius 3 is 2.38 bits per heavy atom. The molecule has 0 aromatic heterocycles. The van der Waals surface area contributed by atoms with Crippen molar-refractivity contribution in [2.45, 2.75) is 53.5 Å². The lowest BCUT2D eigenvalue weighted by Gasteiger charge is -2.24. The van der Waals surface area contributed by atoms with E-state index in [-0.39, 0.29) is 5.41 Å². The van der Waals surface area contributed by atoms with E-state index in [0.717, 1.165) is 12.8 Å². The lowest BCUT2D eigenvalue weighted by molar-refractivity contribution is 0.341. The molecule has 0 radical (unpaired) electrons. The summed E-state index contributed by atoms with van der Waals surface area (Å²) in [6, 6.07) is 0.366. The zero-order valence-corrected chi connectivity index (χ0v) is 9.52. The molecule has 0 heterocycles. The first-order valence-corrected chi connectivity index (χ1v) is 4.84. The van der Waals surface area contributed by atoms with Gasteiger partial charge in [0.1, 0.15) is 0 Å². The van der Waals surface area contributed by atoms with Gasteiger partial charge in [-0.05, 0) is 25.7 Å². The van der Waals surface area contributed by atoms with E-state index in [2.05, 4.69) is 45.5 Å². The SMILES string of the molecule is C#CCCC(C)=NC(C)C(C)(C)C. The second-order valence-corrected chi connectivity index (χ2v) is 4.61. The van der Waals surface area contributed by atoms with Crippen molar-refractivity contribution in [1.82, 2.24) is 0 Å². The van der Waals surface area contributed by atoms with Crippen LogP contribution in [-0.2, 0) is 0 Å². The molecule has 0 bridgehead atoms. The molecule has 1 heteroatoms. The first-order chi connectivity index (χ1) is 5.88. The number of terminal acetylenes is 1. The van der Waals surface area contributed by atoms with Gasteiger partial charge in [-0.1, -0.05) is 20.8 Å². The average Bonchev–Trinajstić information content (AvgIpc) is 1.99. The van der Waals surface area contributed by atoms with Crippen LogP contribution in [0.4, 0.5) is 0 Å². The van der Waals surface area contributed by atoms with Gasteiger partial charge in [0, 0.05) is 12.1 Å². The highest BCUT2D eigenvalue weighted by Gasteiger charge is 2.18. The van der Waals surface area contributed by atoms with E-state index < -0.39 is 0 Å². The zero-order valence-electron chi connectivity index (χ0n) is 9.52. The maximum atomic E-state index is 5.19. The maximum absolute atomic E-state index is 5.19. The Morgan fingerprint density at radius 1 is 1.46 bits per heavy atom. The summed E-state index contributed by atoms with van der Waals surface area (Å²) >= 11 is 0. The van der Waals surface area contributed by atoms with E-state index in [1.165, 1.54) is 5.71 Å². The molecule has 0 spiro atoms. The summed E-state index contributed by atoms with van der Waals surface area (Å²) in [7, 11) is 0. The van der Waals surface area contributed by atoms with E-state index in [4.69, 9.17) is 6.42 Å². The third-order valence-electron chi connectivity index (χ3n) is 2.30. The Bertz CT molecular complexity index is 212. The van der Waals surface area contributed by atoms with Crippen molar-refractivity contribution in [2.75, 3.05) is 0 Å². The second-order valence-electron chi connectivity index (χ2n) is 4.61. The van der Waals surface area contributed by atoms with Gasteiger partial charge in [0.05, 0.1) is 6.04 Å². The van der Waals surface area contributed by atoms with Crippen LogP contribution in [0.25, 0.3) is 0 Å². The Kier molecular flexibility index (Phi) is 4.77. The van der Waals surface area contributed by atoms with Crippen molar-refractivity contribution in [2.24, 2.45) is 10.4 Å². The zero-order chi connectivity index (χ0) is 10.5. The molecule has 0 saturated carbocycles. The van der Waals surface area contributed by atoms with Crippen LogP contribution in [0.1, 0.15) is 47.5 Å². The van der Waals surface area contributed by atoms with Crippen LogP contribution < -0.4 is 0 Å². The summed E-state index contributed by atoms with van der Waals surface area (Å²) in [6.07, 6.45) is 6.91. The molecule has 0 aromatic rings. The lowest BCUT2D eigenvalue weighted by atomic mass is 9.88. The van der Waals surface area contributed by atoms with Crippen LogP contribution in [0.5, 0.6) is 0 Å². The van der Waals surface area contributed by atoms with Crippen molar-refractivity contribution in [3.05, 3.63) is 0 Å². The molecule has 1 nitrogen and oxygen atoms in total. The van der Waals surface area contributed by atoms with Crippen molar-refractivity contribution < 1.29 is 0 Å². The fraction of sp³-hybridized carbons (Fsp3) is 0.750. The predicted octanol–water partition coefficient (Wildman–Crippen LogP) is 3.30. The maximum Gasteiger partial charge on any atom is 0.0518 e. The normalized spacial score (nSPS) is 15.2. The quantitative estimate of drug-likeness (QED) is 0.465. The van der Waals surface area contributed by atoms with Gasteiger partial charge in [0.15, 0.2) is 0 Å². The third kappa shape index (κ3) is 5.47. The van der Waals surface area contributed by atoms with Crippen LogP contribution >= 0.6 is 0 Å². The molecular formula is C12H21N. The average molecular weight is 179 g/mol. The van der Waals surface area contributed by atoms with E-state index in [0.29, 0.717) is 6.04 Å². The van der Waals surface area contributed by atoms with Gasteiger partial charge in [0.25, 0.3) is 0 Å². The number of rotatable bonds is 3. The van der Waals surface area contributed by atoms with Crippen molar-refractivity contribution in [3.63, 3.8) is 0 Å². The monoisotopic (exact) mass is 179 g/mol. The predicted molar refractivity (Wildman–Crippen MR) is 60.1 cm³/mol. The minimum Gasteiger partial charge on any atom is -0.291 e. The highest BCUT2D eigenvalue weighted by atomic mass is 14.8. The van der Waals surface area contributed by atoms with Crippen LogP contribution in [0, 0.1) is 17.8 Å². The fourth-order valence-electron chi connectivity index (χ4n) is 0.842. The van der Waals surface area contributed by atoms with E-state index in [9.17, 15) is 0 Å². The molecule has 13 heavy (non-hydrogen) atoms. The Hall–Kier alpha value is -0.770. The van der Waals surface area contributed by atoms with Crippen LogP contribution in [0.3, 0.4) is 0 Å². The molecule has 0 fully saturated rings. The molecule has 1 atom stereocenters. The Labute approximate surface area is 82.6 Å². The van der Waals surface area contributed by atoms with Crippen LogP contribution in [0.2, 0.25) is 0 Å². The summed E-state index contributed by atoms with van der Waals surface area (Å²) in [4.78, 5) is 4.61. The molecular weight excluding hydrogens is 158 g/mol. The van der Waals surface area contributed by atoms with Gasteiger partial charge >= 0.3 is 0 Å². The first kappa shape index (κ1) is 12.2. The molecule has 0 aliphatic carbocycles. The lowest BCUT2D eigenvalue weighted by Crippen LogP contribution is -2.22. The fourth-order valence-corrected chi connectivity index (χ4v) is 0.842. The summed E-state index contributed by atoms with van der Waals surface area (Å²) in [6.45, 7) is 10.8. The standard InChI is InChI=1S/C12H21N/c1-7-8-9-10(2)13-11(3)12(4,5)6/h1,11H,8-9H2,2-6H3. The van der Waals surface area contributed by atoms with E-state index in [1.807, 2.05) is 0 Å². The molecule has 0 aliphatic rings. The number of hydrogen-bond acceptors (Lipinski definition) is 1. The summed E-state index contributed by atoms with van der Waals surface area (Å²) < 4.78 is 0. The van der Waals surface area contributed by atoms with Gasteiger partial charge in [0.2, 0.25) is 0 Å². The van der Waals surface area contributed by atoms with E-state index >= 15 is 0 Å². The summed E-state index contributed by atoms with van der Waals surface area (Å²) in [5, 5.41) is 0. The minimum atomic E-state index is 0.247.